The zero-order valence-electron chi connectivity index (χ0n) is 19.9. The van der Waals surface area contributed by atoms with E-state index in [0.717, 1.165) is 5.56 Å². The maximum atomic E-state index is 13.2. The van der Waals surface area contributed by atoms with Crippen molar-refractivity contribution >= 4 is 21.6 Å². The van der Waals surface area contributed by atoms with Gasteiger partial charge in [0.05, 0.1) is 12.0 Å². The fraction of sp³-hybridized carbons (Fsp3) is 0.269. The molecule has 0 aliphatic rings. The van der Waals surface area contributed by atoms with E-state index in [0.29, 0.717) is 35.5 Å². The summed E-state index contributed by atoms with van der Waals surface area (Å²) in [5.74, 6) is 0.321. The molecule has 1 atom stereocenters. The van der Waals surface area contributed by atoms with Crippen LogP contribution in [0.3, 0.4) is 0 Å². The average molecular weight is 482 g/mol. The average Bonchev–Trinajstić information content (AvgIpc) is 2.79. The van der Waals surface area contributed by atoms with Gasteiger partial charge < -0.3 is 15.0 Å². The first-order valence-electron chi connectivity index (χ1n) is 10.9. The van der Waals surface area contributed by atoms with E-state index < -0.39 is 10.0 Å². The number of hydrogen-bond donors (Lipinski definition) is 2. The predicted octanol–water partition coefficient (Wildman–Crippen LogP) is 3.71. The van der Waals surface area contributed by atoms with Crippen molar-refractivity contribution < 1.29 is 17.9 Å². The summed E-state index contributed by atoms with van der Waals surface area (Å²) < 4.78 is 33.6. The predicted molar refractivity (Wildman–Crippen MR) is 135 cm³/mol. The number of aryl methyl sites for hydroxylation is 1. The highest BCUT2D eigenvalue weighted by Crippen LogP contribution is 2.21. The highest BCUT2D eigenvalue weighted by molar-refractivity contribution is 7.92. The topological polar surface area (TPSA) is 87.7 Å². The fourth-order valence-electron chi connectivity index (χ4n) is 3.65. The van der Waals surface area contributed by atoms with Crippen molar-refractivity contribution in [3.8, 4) is 5.75 Å². The second kappa shape index (κ2) is 11.2. The number of carbonyl (C=O) groups excluding carboxylic acids is 1. The van der Waals surface area contributed by atoms with Crippen molar-refractivity contribution in [1.82, 2.24) is 10.2 Å². The molecule has 0 saturated carbocycles. The SMILES string of the molecule is COc1ccc(NS(=O)(=O)c2ccc(C)c(C(=O)NC(Cc3ccccc3)CN(C)C)c2)cc1. The van der Waals surface area contributed by atoms with Gasteiger partial charge in [-0.1, -0.05) is 36.4 Å². The van der Waals surface area contributed by atoms with Crippen molar-refractivity contribution in [2.24, 2.45) is 0 Å². The van der Waals surface area contributed by atoms with Crippen molar-refractivity contribution in [2.75, 3.05) is 32.5 Å². The summed E-state index contributed by atoms with van der Waals surface area (Å²) in [6.45, 7) is 2.44. The second-order valence-electron chi connectivity index (χ2n) is 8.43. The van der Waals surface area contributed by atoms with Gasteiger partial charge in [0.1, 0.15) is 5.75 Å². The van der Waals surface area contributed by atoms with E-state index in [-0.39, 0.29) is 16.8 Å². The number of hydrogen-bond acceptors (Lipinski definition) is 5. The number of ether oxygens (including phenoxy) is 1. The molecule has 0 fully saturated rings. The molecule has 3 aromatic rings. The normalized spacial score (nSPS) is 12.3. The zero-order chi connectivity index (χ0) is 24.7. The van der Waals surface area contributed by atoms with Gasteiger partial charge in [-0.15, -0.1) is 0 Å². The van der Waals surface area contributed by atoms with E-state index in [1.807, 2.05) is 49.3 Å². The molecule has 0 heterocycles. The van der Waals surface area contributed by atoms with Gasteiger partial charge in [0.2, 0.25) is 0 Å². The van der Waals surface area contributed by atoms with Crippen LogP contribution in [0.4, 0.5) is 5.69 Å². The molecule has 8 heteroatoms. The number of likely N-dealkylation sites (N-methyl/N-ethyl adjacent to an activating group) is 1. The molecular weight excluding hydrogens is 450 g/mol. The van der Waals surface area contributed by atoms with Crippen LogP contribution in [0.1, 0.15) is 21.5 Å². The lowest BCUT2D eigenvalue weighted by Crippen LogP contribution is -2.43. The van der Waals surface area contributed by atoms with Crippen molar-refractivity contribution in [3.63, 3.8) is 0 Å². The number of nitrogens with zero attached hydrogens (tertiary/aromatic N) is 1. The Morgan fingerprint density at radius 3 is 2.29 bits per heavy atom. The number of rotatable bonds is 10. The molecule has 0 saturated heterocycles. The van der Waals surface area contributed by atoms with E-state index in [9.17, 15) is 13.2 Å². The van der Waals surface area contributed by atoms with Crippen LogP contribution in [0.5, 0.6) is 5.75 Å². The maximum Gasteiger partial charge on any atom is 0.261 e. The lowest BCUT2D eigenvalue weighted by Gasteiger charge is -2.23. The molecule has 0 aromatic heterocycles. The van der Waals surface area contributed by atoms with Gasteiger partial charge in [-0.05, 0) is 75.0 Å². The summed E-state index contributed by atoms with van der Waals surface area (Å²) in [6, 6.07) is 21.0. The third kappa shape index (κ3) is 6.82. The highest BCUT2D eigenvalue weighted by atomic mass is 32.2. The first-order chi connectivity index (χ1) is 16.2. The molecule has 34 heavy (non-hydrogen) atoms. The minimum absolute atomic E-state index is 0.0197. The Kier molecular flexibility index (Phi) is 8.31. The molecule has 0 aliphatic heterocycles. The van der Waals surface area contributed by atoms with Crippen molar-refractivity contribution in [1.29, 1.82) is 0 Å². The Hall–Kier alpha value is -3.36. The maximum absolute atomic E-state index is 13.2. The summed E-state index contributed by atoms with van der Waals surface area (Å²) >= 11 is 0. The molecule has 0 bridgehead atoms. The van der Waals surface area contributed by atoms with Gasteiger partial charge in [0.25, 0.3) is 15.9 Å². The van der Waals surface area contributed by atoms with Crippen molar-refractivity contribution in [3.05, 3.63) is 89.5 Å². The van der Waals surface area contributed by atoms with E-state index in [1.54, 1.807) is 44.4 Å². The van der Waals surface area contributed by atoms with E-state index >= 15 is 0 Å². The van der Waals surface area contributed by atoms with Gasteiger partial charge in [-0.2, -0.15) is 0 Å². The standard InChI is InChI=1S/C26H31N3O4S/c1-19-10-15-24(34(31,32)28-21-11-13-23(33-4)14-12-21)17-25(19)26(30)27-22(18-29(2)3)16-20-8-6-5-7-9-20/h5-15,17,22,28H,16,18H2,1-4H3,(H,27,30). The molecular formula is C26H31N3O4S. The van der Waals surface area contributed by atoms with Crippen LogP contribution < -0.4 is 14.8 Å². The minimum atomic E-state index is -3.88. The lowest BCUT2D eigenvalue weighted by atomic mass is 10.0. The third-order valence-electron chi connectivity index (χ3n) is 5.35. The van der Waals surface area contributed by atoms with Gasteiger partial charge in [0.15, 0.2) is 0 Å². The molecule has 3 aromatic carbocycles. The van der Waals surface area contributed by atoms with Crippen LogP contribution >= 0.6 is 0 Å². The van der Waals surface area contributed by atoms with Gasteiger partial charge >= 0.3 is 0 Å². The molecule has 0 aliphatic carbocycles. The number of amides is 1. The number of methoxy groups -OCH3 is 1. The monoisotopic (exact) mass is 481 g/mol. The second-order valence-corrected chi connectivity index (χ2v) is 10.1. The Morgan fingerprint density at radius 1 is 1.00 bits per heavy atom. The van der Waals surface area contributed by atoms with E-state index in [1.165, 1.54) is 12.1 Å². The summed E-state index contributed by atoms with van der Waals surface area (Å²) in [6.07, 6.45) is 0.667. The van der Waals surface area contributed by atoms with Crippen LogP contribution in [0.25, 0.3) is 0 Å². The summed E-state index contributed by atoms with van der Waals surface area (Å²) in [5, 5.41) is 3.09. The number of carbonyl (C=O) groups is 1. The summed E-state index contributed by atoms with van der Waals surface area (Å²) in [4.78, 5) is 15.2. The van der Waals surface area contributed by atoms with Crippen LogP contribution in [0.15, 0.2) is 77.7 Å². The van der Waals surface area contributed by atoms with E-state index in [2.05, 4.69) is 10.0 Å². The molecule has 7 nitrogen and oxygen atoms in total. The Morgan fingerprint density at radius 2 is 1.68 bits per heavy atom. The Labute approximate surface area is 201 Å². The third-order valence-corrected chi connectivity index (χ3v) is 6.73. The first kappa shape index (κ1) is 25.3. The smallest absolute Gasteiger partial charge is 0.261 e. The van der Waals surface area contributed by atoms with Gasteiger partial charge in [-0.3, -0.25) is 9.52 Å². The molecule has 1 unspecified atom stereocenters. The van der Waals surface area contributed by atoms with Gasteiger partial charge in [-0.25, -0.2) is 8.42 Å². The number of benzene rings is 3. The molecule has 0 spiro atoms. The minimum Gasteiger partial charge on any atom is -0.497 e. The van der Waals surface area contributed by atoms with Crippen LogP contribution in [-0.2, 0) is 16.4 Å². The van der Waals surface area contributed by atoms with Crippen LogP contribution in [0, 0.1) is 6.92 Å². The molecule has 2 N–H and O–H groups in total. The fourth-order valence-corrected chi connectivity index (χ4v) is 4.73. The molecule has 3 rings (SSSR count). The lowest BCUT2D eigenvalue weighted by molar-refractivity contribution is 0.0929. The molecule has 1 amide bonds. The van der Waals surface area contributed by atoms with Gasteiger partial charge in [0, 0.05) is 23.8 Å². The number of nitrogens with one attached hydrogen (secondary N) is 2. The summed E-state index contributed by atoms with van der Waals surface area (Å²) in [7, 11) is 1.57. The van der Waals surface area contributed by atoms with Crippen molar-refractivity contribution in [2.45, 2.75) is 24.3 Å². The Bertz CT molecular complexity index is 1210. The van der Waals surface area contributed by atoms with Crippen LogP contribution in [0.2, 0.25) is 0 Å². The zero-order valence-corrected chi connectivity index (χ0v) is 20.7. The largest absolute Gasteiger partial charge is 0.497 e. The molecule has 0 radical (unpaired) electrons. The number of sulfonamides is 1. The quantitative estimate of drug-likeness (QED) is 0.461. The Balaban J connectivity index is 1.80. The number of anilines is 1. The molecule has 180 valence electrons. The first-order valence-corrected chi connectivity index (χ1v) is 12.4. The highest BCUT2D eigenvalue weighted by Gasteiger charge is 2.21. The summed E-state index contributed by atoms with van der Waals surface area (Å²) in [5.41, 5.74) is 2.55. The van der Waals surface area contributed by atoms with E-state index in [4.69, 9.17) is 4.74 Å². The van der Waals surface area contributed by atoms with Crippen LogP contribution in [-0.4, -0.2) is 53.0 Å².